The number of ether oxygens (including phenoxy) is 3. The molecule has 1 aromatic carbocycles. The molecule has 0 aliphatic carbocycles. The van der Waals surface area contributed by atoms with Gasteiger partial charge in [-0.3, -0.25) is 4.79 Å². The third-order valence-electron chi connectivity index (χ3n) is 4.00. The number of methoxy groups -OCH3 is 2. The quantitative estimate of drug-likeness (QED) is 0.763. The minimum Gasteiger partial charge on any atom is -0.493 e. The Kier molecular flexibility index (Phi) is 7.31. The molecular formula is C18H26N2O4S. The fourth-order valence-corrected chi connectivity index (χ4v) is 3.68. The van der Waals surface area contributed by atoms with E-state index in [0.29, 0.717) is 30.3 Å². The van der Waals surface area contributed by atoms with E-state index in [1.807, 2.05) is 18.0 Å². The van der Waals surface area contributed by atoms with Crippen LogP contribution < -0.4 is 19.5 Å². The summed E-state index contributed by atoms with van der Waals surface area (Å²) in [6.45, 7) is 3.38. The van der Waals surface area contributed by atoms with Crippen molar-refractivity contribution in [3.8, 4) is 17.2 Å². The molecule has 138 valence electrons. The van der Waals surface area contributed by atoms with Gasteiger partial charge < -0.3 is 24.4 Å². The molecule has 0 unspecified atom stereocenters. The molecule has 0 radical (unpaired) electrons. The average Bonchev–Trinajstić information content (AvgIpc) is 2.65. The molecule has 1 aromatic rings. The number of carbonyl (C=O) groups excluding carboxylic acids is 1. The number of nitrogens with one attached hydrogen (secondary N) is 1. The topological polar surface area (TPSA) is 60.0 Å². The summed E-state index contributed by atoms with van der Waals surface area (Å²) in [6, 6.07) is 5.37. The first kappa shape index (κ1) is 19.3. The summed E-state index contributed by atoms with van der Waals surface area (Å²) in [4.78, 5) is 15.6. The molecule has 6 nitrogen and oxygen atoms in total. The van der Waals surface area contributed by atoms with E-state index in [2.05, 4.69) is 12.2 Å². The third-order valence-corrected chi connectivity index (χ3v) is 5.01. The van der Waals surface area contributed by atoms with Crippen molar-refractivity contribution in [1.29, 1.82) is 0 Å². The number of rotatable bonds is 8. The van der Waals surface area contributed by atoms with Crippen molar-refractivity contribution >= 4 is 17.7 Å². The molecule has 2 rings (SSSR count). The lowest BCUT2D eigenvalue weighted by Crippen LogP contribution is -2.40. The van der Waals surface area contributed by atoms with Gasteiger partial charge in [0.05, 0.1) is 20.8 Å². The molecule has 25 heavy (non-hydrogen) atoms. The molecule has 0 bridgehead atoms. The van der Waals surface area contributed by atoms with Crippen molar-refractivity contribution in [2.45, 2.75) is 13.3 Å². The summed E-state index contributed by atoms with van der Waals surface area (Å²) in [5.41, 5.74) is 1.23. The first-order chi connectivity index (χ1) is 12.1. The zero-order valence-corrected chi connectivity index (χ0v) is 16.1. The van der Waals surface area contributed by atoms with E-state index in [0.717, 1.165) is 12.2 Å². The van der Waals surface area contributed by atoms with E-state index in [1.165, 1.54) is 10.6 Å². The highest BCUT2D eigenvalue weighted by molar-refractivity contribution is 8.03. The lowest BCUT2D eigenvalue weighted by molar-refractivity contribution is -0.133. The van der Waals surface area contributed by atoms with Crippen LogP contribution in [0.5, 0.6) is 17.2 Å². The summed E-state index contributed by atoms with van der Waals surface area (Å²) < 4.78 is 16.3. The highest BCUT2D eigenvalue weighted by Gasteiger charge is 2.23. The standard InChI is InChI=1S/C18H26N2O4S/c1-5-25-16-11-20(10-9-13(16)19-2)17(21)12-24-18-14(22-3)7-6-8-15(18)23-4/h6-8,19H,5,9-12H2,1-4H3. The Balaban J connectivity index is 2.03. The maximum Gasteiger partial charge on any atom is 0.260 e. The predicted molar refractivity (Wildman–Crippen MR) is 100 cm³/mol. The Morgan fingerprint density at radius 2 is 1.96 bits per heavy atom. The molecule has 0 saturated heterocycles. The van der Waals surface area contributed by atoms with E-state index >= 15 is 0 Å². The number of carbonyl (C=O) groups is 1. The smallest absolute Gasteiger partial charge is 0.260 e. The van der Waals surface area contributed by atoms with Gasteiger partial charge in [0.1, 0.15) is 0 Å². The second-order valence-corrected chi connectivity index (χ2v) is 6.79. The van der Waals surface area contributed by atoms with Crippen LogP contribution in [0, 0.1) is 0 Å². The molecule has 0 saturated carbocycles. The number of para-hydroxylation sites is 1. The Hall–Kier alpha value is -2.02. The molecule has 1 aliphatic heterocycles. The summed E-state index contributed by atoms with van der Waals surface area (Å²) >= 11 is 1.78. The van der Waals surface area contributed by atoms with Crippen LogP contribution in [0.15, 0.2) is 28.8 Å². The van der Waals surface area contributed by atoms with Gasteiger partial charge in [-0.15, -0.1) is 11.8 Å². The van der Waals surface area contributed by atoms with Crippen LogP contribution in [0.4, 0.5) is 0 Å². The molecule has 1 heterocycles. The minimum atomic E-state index is -0.0459. The van der Waals surface area contributed by atoms with Gasteiger partial charge in [0, 0.05) is 30.6 Å². The van der Waals surface area contributed by atoms with Crippen molar-refractivity contribution in [2.75, 3.05) is 46.7 Å². The van der Waals surface area contributed by atoms with Gasteiger partial charge >= 0.3 is 0 Å². The van der Waals surface area contributed by atoms with E-state index < -0.39 is 0 Å². The Morgan fingerprint density at radius 1 is 1.28 bits per heavy atom. The first-order valence-electron chi connectivity index (χ1n) is 8.28. The summed E-state index contributed by atoms with van der Waals surface area (Å²) in [5, 5.41) is 3.24. The number of benzene rings is 1. The van der Waals surface area contributed by atoms with Crippen molar-refractivity contribution < 1.29 is 19.0 Å². The summed E-state index contributed by atoms with van der Waals surface area (Å²) in [6.07, 6.45) is 0.836. The molecule has 7 heteroatoms. The molecule has 0 atom stereocenters. The highest BCUT2D eigenvalue weighted by Crippen LogP contribution is 2.36. The second kappa shape index (κ2) is 9.46. The van der Waals surface area contributed by atoms with Crippen LogP contribution in [-0.2, 0) is 4.79 Å². The van der Waals surface area contributed by atoms with Gasteiger partial charge in [0.2, 0.25) is 5.75 Å². The monoisotopic (exact) mass is 366 g/mol. The average molecular weight is 366 g/mol. The zero-order chi connectivity index (χ0) is 18.2. The highest BCUT2D eigenvalue weighted by atomic mass is 32.2. The second-order valence-electron chi connectivity index (χ2n) is 5.43. The maximum absolute atomic E-state index is 12.6. The van der Waals surface area contributed by atoms with Gasteiger partial charge in [0.15, 0.2) is 18.1 Å². The minimum absolute atomic E-state index is 0.0442. The van der Waals surface area contributed by atoms with Gasteiger partial charge in [0.25, 0.3) is 5.91 Å². The van der Waals surface area contributed by atoms with Crippen LogP contribution in [-0.4, -0.2) is 57.5 Å². The number of hydrogen-bond donors (Lipinski definition) is 1. The van der Waals surface area contributed by atoms with Gasteiger partial charge in [-0.25, -0.2) is 0 Å². The van der Waals surface area contributed by atoms with Gasteiger partial charge in [-0.2, -0.15) is 0 Å². The fourth-order valence-electron chi connectivity index (χ4n) is 2.70. The van der Waals surface area contributed by atoms with Gasteiger partial charge in [-0.1, -0.05) is 13.0 Å². The molecule has 0 spiro atoms. The van der Waals surface area contributed by atoms with Crippen molar-refractivity contribution in [2.24, 2.45) is 0 Å². The van der Waals surface area contributed by atoms with Crippen LogP contribution in [0.2, 0.25) is 0 Å². The van der Waals surface area contributed by atoms with Gasteiger partial charge in [-0.05, 0) is 17.9 Å². The lowest BCUT2D eigenvalue weighted by Gasteiger charge is -2.30. The van der Waals surface area contributed by atoms with Crippen LogP contribution in [0.25, 0.3) is 0 Å². The lowest BCUT2D eigenvalue weighted by atomic mass is 10.2. The normalized spacial score (nSPS) is 14.3. The summed E-state index contributed by atoms with van der Waals surface area (Å²) in [5.74, 6) is 2.48. The maximum atomic E-state index is 12.6. The van der Waals surface area contributed by atoms with Crippen LogP contribution in [0.3, 0.4) is 0 Å². The Labute approximate surface area is 153 Å². The van der Waals surface area contributed by atoms with E-state index in [4.69, 9.17) is 14.2 Å². The Bertz CT molecular complexity index is 611. The molecular weight excluding hydrogens is 340 g/mol. The van der Waals surface area contributed by atoms with E-state index in [1.54, 1.807) is 38.1 Å². The van der Waals surface area contributed by atoms with Crippen molar-refractivity contribution in [3.63, 3.8) is 0 Å². The van der Waals surface area contributed by atoms with Crippen molar-refractivity contribution in [1.82, 2.24) is 10.2 Å². The van der Waals surface area contributed by atoms with Crippen molar-refractivity contribution in [3.05, 3.63) is 28.8 Å². The molecule has 1 amide bonds. The molecule has 1 aliphatic rings. The molecule has 0 fully saturated rings. The molecule has 1 N–H and O–H groups in total. The van der Waals surface area contributed by atoms with E-state index in [9.17, 15) is 4.79 Å². The largest absolute Gasteiger partial charge is 0.493 e. The molecule has 0 aromatic heterocycles. The Morgan fingerprint density at radius 3 is 2.52 bits per heavy atom. The number of hydrogen-bond acceptors (Lipinski definition) is 6. The first-order valence-corrected chi connectivity index (χ1v) is 9.27. The third kappa shape index (κ3) is 4.75. The zero-order valence-electron chi connectivity index (χ0n) is 15.3. The van der Waals surface area contributed by atoms with Crippen LogP contribution in [0.1, 0.15) is 13.3 Å². The number of nitrogens with zero attached hydrogens (tertiary/aromatic N) is 1. The van der Waals surface area contributed by atoms with Crippen LogP contribution >= 0.6 is 11.8 Å². The fraction of sp³-hybridized carbons (Fsp3) is 0.500. The number of thioether (sulfide) groups is 1. The number of amides is 1. The SMILES string of the molecule is CCSC1=C(NC)CCN(C(=O)COc2c(OC)cccc2OC)C1. The summed E-state index contributed by atoms with van der Waals surface area (Å²) in [7, 11) is 5.05. The predicted octanol–water partition coefficient (Wildman–Crippen LogP) is 2.50. The van der Waals surface area contributed by atoms with E-state index in [-0.39, 0.29) is 12.5 Å².